The Kier molecular flexibility index (Phi) is 5.28. The number of hydrogen-bond donors (Lipinski definition) is 1. The van der Waals surface area contributed by atoms with Crippen LogP contribution < -0.4 is 19.5 Å². The maximum absolute atomic E-state index is 12.7. The van der Waals surface area contributed by atoms with Crippen LogP contribution in [0.5, 0.6) is 17.2 Å². The van der Waals surface area contributed by atoms with Crippen molar-refractivity contribution in [3.05, 3.63) is 48.3 Å². The van der Waals surface area contributed by atoms with Gasteiger partial charge in [0, 0.05) is 11.8 Å². The molecule has 1 aromatic heterocycles. The highest BCUT2D eigenvalue weighted by Gasteiger charge is 2.21. The first-order valence-corrected chi connectivity index (χ1v) is 9.37. The van der Waals surface area contributed by atoms with Gasteiger partial charge in [-0.15, -0.1) is 5.10 Å². The lowest BCUT2D eigenvalue weighted by molar-refractivity contribution is -0.122. The van der Waals surface area contributed by atoms with E-state index in [2.05, 4.69) is 27.8 Å². The van der Waals surface area contributed by atoms with E-state index in [0.717, 1.165) is 24.1 Å². The summed E-state index contributed by atoms with van der Waals surface area (Å²) in [7, 11) is 0. The average molecular weight is 395 g/mol. The summed E-state index contributed by atoms with van der Waals surface area (Å²) < 4.78 is 18.2. The number of aromatic nitrogens is 4. The Morgan fingerprint density at radius 2 is 2.00 bits per heavy atom. The van der Waals surface area contributed by atoms with Crippen molar-refractivity contribution in [2.24, 2.45) is 0 Å². The Morgan fingerprint density at radius 3 is 2.69 bits per heavy atom. The molecule has 1 unspecified atom stereocenters. The van der Waals surface area contributed by atoms with E-state index in [1.165, 1.54) is 11.0 Å². The van der Waals surface area contributed by atoms with Crippen LogP contribution in [0.3, 0.4) is 0 Å². The zero-order valence-electron chi connectivity index (χ0n) is 16.2. The van der Waals surface area contributed by atoms with Gasteiger partial charge in [0.2, 0.25) is 6.79 Å². The number of nitrogens with zero attached hydrogens (tertiary/aromatic N) is 4. The van der Waals surface area contributed by atoms with Gasteiger partial charge in [-0.2, -0.15) is 0 Å². The normalized spacial score (nSPS) is 13.2. The molecule has 0 bridgehead atoms. The van der Waals surface area contributed by atoms with E-state index in [1.807, 2.05) is 18.2 Å². The molecule has 0 spiro atoms. The van der Waals surface area contributed by atoms with Crippen molar-refractivity contribution in [2.75, 3.05) is 12.1 Å². The predicted octanol–water partition coefficient (Wildman–Crippen LogP) is 2.75. The van der Waals surface area contributed by atoms with E-state index < -0.39 is 6.10 Å². The first-order valence-electron chi connectivity index (χ1n) is 9.37. The molecule has 1 N–H and O–H groups in total. The van der Waals surface area contributed by atoms with Crippen LogP contribution >= 0.6 is 0 Å². The molecule has 3 aromatic rings. The van der Waals surface area contributed by atoms with Gasteiger partial charge in [-0.1, -0.05) is 13.3 Å². The fourth-order valence-electron chi connectivity index (χ4n) is 3.03. The van der Waals surface area contributed by atoms with Crippen molar-refractivity contribution in [3.63, 3.8) is 0 Å². The molecular weight excluding hydrogens is 374 g/mol. The Morgan fingerprint density at radius 1 is 1.24 bits per heavy atom. The molecule has 0 saturated carbocycles. The van der Waals surface area contributed by atoms with Gasteiger partial charge in [0.05, 0.1) is 5.69 Å². The molecule has 150 valence electrons. The molecule has 29 heavy (non-hydrogen) atoms. The highest BCUT2D eigenvalue weighted by atomic mass is 16.7. The summed E-state index contributed by atoms with van der Waals surface area (Å²) in [5.74, 6) is 1.67. The number of nitrogens with one attached hydrogen (secondary N) is 1. The van der Waals surface area contributed by atoms with Crippen molar-refractivity contribution in [1.82, 2.24) is 20.2 Å². The Balaban J connectivity index is 1.43. The second-order valence-corrected chi connectivity index (χ2v) is 6.61. The third-order valence-corrected chi connectivity index (χ3v) is 4.51. The van der Waals surface area contributed by atoms with Gasteiger partial charge in [-0.25, -0.2) is 4.68 Å². The van der Waals surface area contributed by atoms with Gasteiger partial charge in [0.1, 0.15) is 12.1 Å². The molecule has 9 nitrogen and oxygen atoms in total. The second kappa shape index (κ2) is 8.17. The van der Waals surface area contributed by atoms with Crippen molar-refractivity contribution in [2.45, 2.75) is 32.8 Å². The van der Waals surface area contributed by atoms with E-state index in [4.69, 9.17) is 14.2 Å². The summed E-state index contributed by atoms with van der Waals surface area (Å²) in [5, 5.41) is 14.0. The molecule has 0 aliphatic carbocycles. The largest absolute Gasteiger partial charge is 0.481 e. The molecule has 2 aromatic carbocycles. The fraction of sp³-hybridized carbons (Fsp3) is 0.300. The molecule has 1 aliphatic rings. The van der Waals surface area contributed by atoms with E-state index >= 15 is 0 Å². The highest BCUT2D eigenvalue weighted by Crippen LogP contribution is 2.37. The quantitative estimate of drug-likeness (QED) is 0.656. The number of anilines is 1. The number of carbonyl (C=O) groups excluding carboxylic acids is 1. The number of tetrazole rings is 1. The Bertz CT molecular complexity index is 989. The lowest BCUT2D eigenvalue weighted by atomic mass is 10.1. The lowest BCUT2D eigenvalue weighted by Crippen LogP contribution is -2.30. The molecule has 0 saturated heterocycles. The number of benzene rings is 2. The minimum absolute atomic E-state index is 0.193. The van der Waals surface area contributed by atoms with Crippen LogP contribution in [-0.2, 0) is 11.2 Å². The van der Waals surface area contributed by atoms with E-state index in [1.54, 1.807) is 25.1 Å². The van der Waals surface area contributed by atoms with Crippen molar-refractivity contribution < 1.29 is 19.0 Å². The average Bonchev–Trinajstić information content (AvgIpc) is 3.40. The number of aryl methyl sites for hydroxylation is 1. The van der Waals surface area contributed by atoms with E-state index in [-0.39, 0.29) is 12.7 Å². The van der Waals surface area contributed by atoms with Crippen molar-refractivity contribution in [1.29, 1.82) is 0 Å². The molecule has 1 atom stereocenters. The lowest BCUT2D eigenvalue weighted by Gasteiger charge is -2.17. The predicted molar refractivity (Wildman–Crippen MR) is 104 cm³/mol. The van der Waals surface area contributed by atoms with Crippen LogP contribution in [0.25, 0.3) is 5.69 Å². The molecular formula is C20H21N5O4. The summed E-state index contributed by atoms with van der Waals surface area (Å²) in [6.07, 6.45) is 2.59. The fourth-order valence-corrected chi connectivity index (χ4v) is 3.03. The molecule has 1 amide bonds. The van der Waals surface area contributed by atoms with Crippen LogP contribution in [0, 0.1) is 0 Å². The number of hydrogen-bond acceptors (Lipinski definition) is 7. The minimum atomic E-state index is -0.686. The number of amides is 1. The van der Waals surface area contributed by atoms with Crippen LogP contribution in [0.1, 0.15) is 25.8 Å². The van der Waals surface area contributed by atoms with Gasteiger partial charge in [0.25, 0.3) is 5.91 Å². The summed E-state index contributed by atoms with van der Waals surface area (Å²) in [5.41, 5.74) is 2.51. The topological polar surface area (TPSA) is 100 Å². The third kappa shape index (κ3) is 4.13. The van der Waals surface area contributed by atoms with Crippen molar-refractivity contribution >= 4 is 11.6 Å². The van der Waals surface area contributed by atoms with Gasteiger partial charge in [0.15, 0.2) is 17.6 Å². The summed E-state index contributed by atoms with van der Waals surface area (Å²) in [6, 6.07) is 10.9. The number of rotatable bonds is 7. The first-order chi connectivity index (χ1) is 14.1. The SMILES string of the molecule is CCCc1cc2c(cc1NC(=O)C(C)Oc1ccc(-n3cnnn3)cc1)OCO2. The zero-order valence-corrected chi connectivity index (χ0v) is 16.2. The monoisotopic (exact) mass is 395 g/mol. The van der Waals surface area contributed by atoms with Gasteiger partial charge >= 0.3 is 0 Å². The molecule has 2 heterocycles. The number of ether oxygens (including phenoxy) is 3. The number of fused-ring (bicyclic) bond motifs is 1. The smallest absolute Gasteiger partial charge is 0.265 e. The third-order valence-electron chi connectivity index (χ3n) is 4.51. The van der Waals surface area contributed by atoms with Crippen LogP contribution in [0.2, 0.25) is 0 Å². The van der Waals surface area contributed by atoms with E-state index in [0.29, 0.717) is 22.9 Å². The summed E-state index contributed by atoms with van der Waals surface area (Å²) in [6.45, 7) is 3.98. The summed E-state index contributed by atoms with van der Waals surface area (Å²) in [4.78, 5) is 12.7. The van der Waals surface area contributed by atoms with Crippen molar-refractivity contribution in [3.8, 4) is 22.9 Å². The maximum Gasteiger partial charge on any atom is 0.265 e. The summed E-state index contributed by atoms with van der Waals surface area (Å²) >= 11 is 0. The van der Waals surface area contributed by atoms with Gasteiger partial charge in [-0.3, -0.25) is 4.79 Å². The molecule has 0 fully saturated rings. The maximum atomic E-state index is 12.7. The van der Waals surface area contributed by atoms with Crippen LogP contribution in [0.4, 0.5) is 5.69 Å². The van der Waals surface area contributed by atoms with Gasteiger partial charge < -0.3 is 19.5 Å². The first kappa shape index (κ1) is 18.7. The molecule has 0 radical (unpaired) electrons. The van der Waals surface area contributed by atoms with Crippen LogP contribution in [-0.4, -0.2) is 39.0 Å². The van der Waals surface area contributed by atoms with E-state index in [9.17, 15) is 4.79 Å². The Hall–Kier alpha value is -3.62. The molecule has 9 heteroatoms. The van der Waals surface area contributed by atoms with Gasteiger partial charge in [-0.05, 0) is 59.7 Å². The van der Waals surface area contributed by atoms with Crippen LogP contribution in [0.15, 0.2) is 42.7 Å². The minimum Gasteiger partial charge on any atom is -0.481 e. The second-order valence-electron chi connectivity index (χ2n) is 6.61. The zero-order chi connectivity index (χ0) is 20.2. The number of carbonyl (C=O) groups is 1. The standard InChI is InChI=1S/C20H21N5O4/c1-3-4-14-9-18-19(28-12-27-18)10-17(14)22-20(26)13(2)29-16-7-5-15(6-8-16)25-11-21-23-24-25/h5-11,13H,3-4,12H2,1-2H3,(H,22,26). The molecule has 4 rings (SSSR count). The Labute approximate surface area is 167 Å². The molecule has 1 aliphatic heterocycles. The highest BCUT2D eigenvalue weighted by molar-refractivity contribution is 5.95.